The van der Waals surface area contributed by atoms with E-state index in [1.807, 2.05) is 30.5 Å². The maximum Gasteiger partial charge on any atom is 0.324 e. The van der Waals surface area contributed by atoms with Gasteiger partial charge >= 0.3 is 5.97 Å². The van der Waals surface area contributed by atoms with Crippen molar-refractivity contribution < 1.29 is 24.1 Å². The highest BCUT2D eigenvalue weighted by Crippen LogP contribution is 2.37. The lowest BCUT2D eigenvalue weighted by molar-refractivity contribution is -0.147. The van der Waals surface area contributed by atoms with Gasteiger partial charge in [-0.15, -0.1) is 11.3 Å². The van der Waals surface area contributed by atoms with E-state index in [-0.39, 0.29) is 17.6 Å². The number of hydrogen-bond donors (Lipinski definition) is 2. The highest BCUT2D eigenvalue weighted by Gasteiger charge is 2.30. The molecule has 2 N–H and O–H groups in total. The van der Waals surface area contributed by atoms with Crippen LogP contribution in [0.5, 0.6) is 11.5 Å². The summed E-state index contributed by atoms with van der Waals surface area (Å²) in [5.41, 5.74) is 1.84. The Labute approximate surface area is 202 Å². The average Bonchev–Trinajstić information content (AvgIpc) is 3.30. The minimum absolute atomic E-state index is 0.0449. The molecule has 1 fully saturated rings. The Morgan fingerprint density at radius 3 is 2.59 bits per heavy atom. The minimum atomic E-state index is -0.341. The summed E-state index contributed by atoms with van der Waals surface area (Å²) in [5.74, 6) is 1.03. The zero-order valence-electron chi connectivity index (χ0n) is 20.1. The zero-order chi connectivity index (χ0) is 24.8. The molecule has 1 atom stereocenters. The van der Waals surface area contributed by atoms with Gasteiger partial charge in [0.25, 0.3) is 5.56 Å². The topological polar surface area (TPSA) is 102 Å². The number of esters is 1. The highest BCUT2D eigenvalue weighted by atomic mass is 32.1. The predicted octanol–water partition coefficient (Wildman–Crippen LogP) is 1.84. The fraction of sp³-hybridized carbons (Fsp3) is 0.417. The van der Waals surface area contributed by atoms with Gasteiger partial charge in [-0.25, -0.2) is 0 Å². The van der Waals surface area contributed by atoms with Crippen LogP contribution in [0.4, 0.5) is 0 Å². The van der Waals surface area contributed by atoms with Crippen LogP contribution in [0.1, 0.15) is 4.88 Å². The normalized spacial score (nSPS) is 16.0. The van der Waals surface area contributed by atoms with Gasteiger partial charge in [0.05, 0.1) is 26.7 Å². The number of methoxy groups -OCH3 is 3. The van der Waals surface area contributed by atoms with Gasteiger partial charge < -0.3 is 29.2 Å². The van der Waals surface area contributed by atoms with Crippen LogP contribution in [0.3, 0.4) is 0 Å². The Balaban J connectivity index is 0.00000158. The molecule has 0 amide bonds. The summed E-state index contributed by atoms with van der Waals surface area (Å²) in [7, 11) is 7.37. The summed E-state index contributed by atoms with van der Waals surface area (Å²) in [5, 5.41) is 10.9. The van der Waals surface area contributed by atoms with Crippen LogP contribution in [0.25, 0.3) is 21.2 Å². The summed E-state index contributed by atoms with van der Waals surface area (Å²) < 4.78 is 18.3. The molecule has 2 aromatic heterocycles. The number of hydrogen-bond acceptors (Lipinski definition) is 9. The summed E-state index contributed by atoms with van der Waals surface area (Å²) in [6, 6.07) is 7.35. The third-order valence-electron chi connectivity index (χ3n) is 5.78. The number of aliphatic hydroxyl groups is 1. The molecular formula is C24H31N3O6S. The Bertz CT molecular complexity index is 1210. The number of benzene rings is 1. The Morgan fingerprint density at radius 1 is 1.18 bits per heavy atom. The van der Waals surface area contributed by atoms with Crippen molar-refractivity contribution in [2.24, 2.45) is 7.05 Å². The summed E-state index contributed by atoms with van der Waals surface area (Å²) in [6.07, 6.45) is 1.86. The molecule has 1 aliphatic heterocycles. The number of carbonyl (C=O) groups excluding carboxylic acids is 1. The lowest BCUT2D eigenvalue weighted by Crippen LogP contribution is -2.54. The number of fused-ring (bicyclic) bond motifs is 1. The van der Waals surface area contributed by atoms with Crippen molar-refractivity contribution in [3.8, 4) is 22.6 Å². The second-order valence-corrected chi connectivity index (χ2v) is 8.83. The first-order chi connectivity index (χ1) is 16.5. The van der Waals surface area contributed by atoms with E-state index in [2.05, 4.69) is 10.2 Å². The van der Waals surface area contributed by atoms with Gasteiger partial charge in [-0.2, -0.15) is 0 Å². The van der Waals surface area contributed by atoms with E-state index in [9.17, 15) is 9.59 Å². The van der Waals surface area contributed by atoms with E-state index in [1.54, 1.807) is 37.2 Å². The van der Waals surface area contributed by atoms with E-state index < -0.39 is 0 Å². The van der Waals surface area contributed by atoms with E-state index in [1.165, 1.54) is 7.11 Å². The number of nitrogens with zero attached hydrogens (tertiary/aromatic N) is 2. The summed E-state index contributed by atoms with van der Waals surface area (Å²) >= 11 is 1.58. The third kappa shape index (κ3) is 5.10. The van der Waals surface area contributed by atoms with E-state index in [0.717, 1.165) is 40.9 Å². The minimum Gasteiger partial charge on any atom is -0.493 e. The standard InChI is InChI=1S/C23H27N3O5S.CH4O/c1-25-13-17(14-5-6-19(29-2)20(9-14)30-3)21-16(22(25)27)10-15(32-21)12-26-8-7-24-11-18(26)23(28)31-4;1-2/h5-6,9-10,13,18,24H,7-8,11-12H2,1-4H3;2H,1H3. The number of rotatable bonds is 6. The monoisotopic (exact) mass is 489 g/mol. The number of nitrogens with one attached hydrogen (secondary N) is 1. The Hall–Kier alpha value is -2.92. The summed E-state index contributed by atoms with van der Waals surface area (Å²) in [6.45, 7) is 2.66. The highest BCUT2D eigenvalue weighted by molar-refractivity contribution is 7.19. The average molecular weight is 490 g/mol. The molecule has 0 saturated carbocycles. The van der Waals surface area contributed by atoms with Crippen LogP contribution in [-0.4, -0.2) is 74.7 Å². The van der Waals surface area contributed by atoms with Crippen molar-refractivity contribution in [1.29, 1.82) is 0 Å². The van der Waals surface area contributed by atoms with Crippen molar-refractivity contribution in [2.75, 3.05) is 48.1 Å². The first kappa shape index (κ1) is 25.7. The molecule has 4 rings (SSSR count). The van der Waals surface area contributed by atoms with Crippen LogP contribution in [0.15, 0.2) is 35.3 Å². The zero-order valence-corrected chi connectivity index (χ0v) is 20.9. The molecule has 9 nitrogen and oxygen atoms in total. The van der Waals surface area contributed by atoms with Crippen molar-refractivity contribution >= 4 is 27.4 Å². The number of piperazine rings is 1. The van der Waals surface area contributed by atoms with E-state index in [4.69, 9.17) is 19.3 Å². The molecule has 3 heterocycles. The Kier molecular flexibility index (Phi) is 8.67. The largest absolute Gasteiger partial charge is 0.493 e. The van der Waals surface area contributed by atoms with Gasteiger partial charge in [0.1, 0.15) is 6.04 Å². The molecule has 34 heavy (non-hydrogen) atoms. The van der Waals surface area contributed by atoms with Gasteiger partial charge in [0, 0.05) is 61.7 Å². The van der Waals surface area contributed by atoms with Crippen LogP contribution in [0.2, 0.25) is 0 Å². The molecule has 3 aromatic rings. The molecule has 0 spiro atoms. The van der Waals surface area contributed by atoms with Gasteiger partial charge in [-0.05, 0) is 23.8 Å². The number of carbonyl (C=O) groups is 1. The van der Waals surface area contributed by atoms with Crippen molar-refractivity contribution in [3.63, 3.8) is 0 Å². The molecule has 1 unspecified atom stereocenters. The van der Waals surface area contributed by atoms with Crippen molar-refractivity contribution in [2.45, 2.75) is 12.6 Å². The molecule has 1 saturated heterocycles. The van der Waals surface area contributed by atoms with Crippen molar-refractivity contribution in [1.82, 2.24) is 14.8 Å². The van der Waals surface area contributed by atoms with Crippen LogP contribution in [-0.2, 0) is 23.1 Å². The molecular weight excluding hydrogens is 458 g/mol. The van der Waals surface area contributed by atoms with Gasteiger partial charge in [-0.3, -0.25) is 14.5 Å². The SMILES string of the molecule is CO.COC(=O)C1CNCCN1Cc1cc2c(=O)n(C)cc(-c3ccc(OC)c(OC)c3)c2s1. The van der Waals surface area contributed by atoms with Crippen LogP contribution >= 0.6 is 11.3 Å². The quantitative estimate of drug-likeness (QED) is 0.506. The molecule has 10 heteroatoms. The molecule has 0 bridgehead atoms. The lowest BCUT2D eigenvalue weighted by Gasteiger charge is -2.33. The molecule has 1 aromatic carbocycles. The number of aromatic nitrogens is 1. The maximum absolute atomic E-state index is 12.9. The van der Waals surface area contributed by atoms with Crippen molar-refractivity contribution in [3.05, 3.63) is 45.7 Å². The number of thiophene rings is 1. The number of ether oxygens (including phenoxy) is 3. The lowest BCUT2D eigenvalue weighted by atomic mass is 10.1. The van der Waals surface area contributed by atoms with Crippen LogP contribution < -0.4 is 20.3 Å². The van der Waals surface area contributed by atoms with E-state index >= 15 is 0 Å². The molecule has 0 aliphatic carbocycles. The second kappa shape index (κ2) is 11.5. The number of pyridine rings is 1. The smallest absolute Gasteiger partial charge is 0.324 e. The maximum atomic E-state index is 12.9. The van der Waals surface area contributed by atoms with Gasteiger partial charge in [-0.1, -0.05) is 6.07 Å². The first-order valence-corrected chi connectivity index (χ1v) is 11.6. The second-order valence-electron chi connectivity index (χ2n) is 7.70. The molecule has 1 aliphatic rings. The fourth-order valence-electron chi connectivity index (χ4n) is 4.09. The molecule has 0 radical (unpaired) electrons. The molecule has 184 valence electrons. The Morgan fingerprint density at radius 2 is 1.91 bits per heavy atom. The third-order valence-corrected chi connectivity index (χ3v) is 6.94. The number of aliphatic hydroxyl groups excluding tert-OH is 1. The number of aryl methyl sites for hydroxylation is 1. The fourth-order valence-corrected chi connectivity index (χ4v) is 5.30. The van der Waals surface area contributed by atoms with Gasteiger partial charge in [0.2, 0.25) is 0 Å². The predicted molar refractivity (Wildman–Crippen MR) is 133 cm³/mol. The van der Waals surface area contributed by atoms with Gasteiger partial charge in [0.15, 0.2) is 11.5 Å². The van der Waals surface area contributed by atoms with Crippen LogP contribution in [0, 0.1) is 0 Å². The van der Waals surface area contributed by atoms with E-state index in [0.29, 0.717) is 30.0 Å². The first-order valence-electron chi connectivity index (χ1n) is 10.8. The summed E-state index contributed by atoms with van der Waals surface area (Å²) in [4.78, 5) is 28.2.